The fraction of sp³-hybridized carbons (Fsp3) is 0.740. The van der Waals surface area contributed by atoms with Crippen molar-refractivity contribution in [1.82, 2.24) is 0 Å². The molecule has 0 amide bonds. The monoisotopic (exact) mass is 797 g/mol. The second-order valence-electron chi connectivity index (χ2n) is 15.9. The van der Waals surface area contributed by atoms with Gasteiger partial charge in [-0.05, 0) is 69.4 Å². The number of esters is 2. The summed E-state index contributed by atoms with van der Waals surface area (Å²) in [6, 6.07) is 5.10. The van der Waals surface area contributed by atoms with Crippen LogP contribution in [0.4, 0.5) is 0 Å². The molecule has 0 atom stereocenters. The Balaban J connectivity index is 2.23. The number of carbonyl (C=O) groups is 3. The summed E-state index contributed by atoms with van der Waals surface area (Å²) < 4.78 is 22.8. The number of aldehydes is 1. The van der Waals surface area contributed by atoms with Crippen LogP contribution in [-0.4, -0.2) is 44.7 Å². The first-order chi connectivity index (χ1) is 28.0. The summed E-state index contributed by atoms with van der Waals surface area (Å²) >= 11 is 0. The normalized spacial score (nSPS) is 11.5. The van der Waals surface area contributed by atoms with Gasteiger partial charge in [-0.15, -0.1) is 0 Å². The van der Waals surface area contributed by atoms with Crippen molar-refractivity contribution in [2.75, 3.05) is 26.4 Å². The van der Waals surface area contributed by atoms with Crippen molar-refractivity contribution in [1.29, 1.82) is 0 Å². The van der Waals surface area contributed by atoms with E-state index in [9.17, 15) is 14.4 Å². The summed E-state index contributed by atoms with van der Waals surface area (Å²) in [7, 11) is 0. The van der Waals surface area contributed by atoms with Crippen LogP contribution in [0.2, 0.25) is 0 Å². The van der Waals surface area contributed by atoms with E-state index in [4.69, 9.17) is 18.9 Å². The summed E-state index contributed by atoms with van der Waals surface area (Å²) in [5.74, 6) is 1.19. The molecule has 7 heteroatoms. The van der Waals surface area contributed by atoms with Crippen LogP contribution in [0, 0.1) is 5.92 Å². The molecule has 0 aromatic heterocycles. The van der Waals surface area contributed by atoms with Gasteiger partial charge in [-0.25, -0.2) is 0 Å². The van der Waals surface area contributed by atoms with Crippen molar-refractivity contribution in [3.8, 4) is 11.5 Å². The first-order valence-corrected chi connectivity index (χ1v) is 23.5. The minimum Gasteiger partial charge on any atom is -0.493 e. The van der Waals surface area contributed by atoms with E-state index in [1.54, 1.807) is 18.2 Å². The van der Waals surface area contributed by atoms with Crippen LogP contribution in [0.1, 0.15) is 217 Å². The van der Waals surface area contributed by atoms with Crippen molar-refractivity contribution in [2.24, 2.45) is 5.92 Å². The van der Waals surface area contributed by atoms with Gasteiger partial charge in [-0.1, -0.05) is 154 Å². The van der Waals surface area contributed by atoms with Gasteiger partial charge in [-0.2, -0.15) is 0 Å². The van der Waals surface area contributed by atoms with Crippen molar-refractivity contribution >= 4 is 18.2 Å². The highest BCUT2D eigenvalue weighted by molar-refractivity contribution is 5.76. The van der Waals surface area contributed by atoms with Gasteiger partial charge >= 0.3 is 11.9 Å². The molecule has 0 heterocycles. The number of hydrogen-bond donors (Lipinski definition) is 0. The quantitative estimate of drug-likeness (QED) is 0.0282. The van der Waals surface area contributed by atoms with Crippen molar-refractivity contribution < 1.29 is 33.3 Å². The molecule has 1 aromatic carbocycles. The standard InChI is InChI=1S/C50H84O7/c1-4-7-10-13-16-17-18-19-20-21-22-23-24-27-30-35-49(52)56-38-31-36-54-47-40-46(44-51)41-48(43-47)55-37-32-39-57-50(53)42-45(33-28-25-14-11-8-5-2)34-29-26-15-12-9-6-3/h16-17,19-20,40-41,43-45H,4-15,18,21-39,42H2,1-3H3/b17-16-,20-19-. The molecule has 0 aliphatic carbocycles. The molecule has 1 rings (SSSR count). The number of allylic oxidation sites excluding steroid dienone is 4. The second-order valence-corrected chi connectivity index (χ2v) is 15.9. The SMILES string of the molecule is CCCCC/C=C\C/C=C\CCCCCCCC(=O)OCCCOc1cc(C=O)cc(OCCCOC(=O)CC(CCCCCCCC)CCCCCCCC)c1. The predicted octanol–water partition coefficient (Wildman–Crippen LogP) is 14.4. The Morgan fingerprint density at radius 1 is 0.509 bits per heavy atom. The summed E-state index contributed by atoms with van der Waals surface area (Å²) in [4.78, 5) is 36.5. The molecule has 0 N–H and O–H groups in total. The van der Waals surface area contributed by atoms with Gasteiger partial charge in [0.25, 0.3) is 0 Å². The zero-order valence-electron chi connectivity index (χ0n) is 36.9. The molecule has 0 saturated carbocycles. The van der Waals surface area contributed by atoms with Gasteiger partial charge in [-0.3, -0.25) is 14.4 Å². The highest BCUT2D eigenvalue weighted by Gasteiger charge is 2.15. The largest absolute Gasteiger partial charge is 0.493 e. The van der Waals surface area contributed by atoms with Gasteiger partial charge in [0.2, 0.25) is 0 Å². The Morgan fingerprint density at radius 3 is 1.51 bits per heavy atom. The molecule has 0 bridgehead atoms. The molecule has 326 valence electrons. The lowest BCUT2D eigenvalue weighted by molar-refractivity contribution is -0.145. The molecule has 1 aromatic rings. The fourth-order valence-electron chi connectivity index (χ4n) is 6.92. The van der Waals surface area contributed by atoms with Gasteiger partial charge in [0, 0.05) is 37.3 Å². The fourth-order valence-corrected chi connectivity index (χ4v) is 6.92. The van der Waals surface area contributed by atoms with E-state index < -0.39 is 0 Å². The molecule has 0 fully saturated rings. The molecule has 0 radical (unpaired) electrons. The molecule has 0 saturated heterocycles. The first kappa shape index (κ1) is 51.9. The Hall–Kier alpha value is -3.09. The van der Waals surface area contributed by atoms with Crippen molar-refractivity contribution in [3.05, 3.63) is 48.1 Å². The molecule has 0 aliphatic heterocycles. The van der Waals surface area contributed by atoms with Crippen LogP contribution >= 0.6 is 0 Å². The lowest BCUT2D eigenvalue weighted by Gasteiger charge is -2.16. The molecular formula is C50H84O7. The molecule has 0 unspecified atom stereocenters. The van der Waals surface area contributed by atoms with Gasteiger partial charge < -0.3 is 18.9 Å². The van der Waals surface area contributed by atoms with E-state index >= 15 is 0 Å². The third-order valence-electron chi connectivity index (χ3n) is 10.4. The second kappa shape index (κ2) is 39.7. The average molecular weight is 797 g/mol. The summed E-state index contributed by atoms with van der Waals surface area (Å²) in [5.41, 5.74) is 0.458. The average Bonchev–Trinajstić information content (AvgIpc) is 3.21. The maximum absolute atomic E-state index is 12.7. The number of ether oxygens (including phenoxy) is 4. The third-order valence-corrected chi connectivity index (χ3v) is 10.4. The minimum absolute atomic E-state index is 0.109. The van der Waals surface area contributed by atoms with Crippen LogP contribution < -0.4 is 9.47 Å². The smallest absolute Gasteiger partial charge is 0.306 e. The Labute approximate surface area is 349 Å². The van der Waals surface area contributed by atoms with Gasteiger partial charge in [0.15, 0.2) is 0 Å². The highest BCUT2D eigenvalue weighted by Crippen LogP contribution is 2.24. The Morgan fingerprint density at radius 2 is 0.965 bits per heavy atom. The predicted molar refractivity (Wildman–Crippen MR) is 237 cm³/mol. The van der Waals surface area contributed by atoms with Crippen molar-refractivity contribution in [3.63, 3.8) is 0 Å². The number of benzene rings is 1. The van der Waals surface area contributed by atoms with E-state index in [0.717, 1.165) is 51.2 Å². The molecule has 57 heavy (non-hydrogen) atoms. The zero-order chi connectivity index (χ0) is 41.3. The molecule has 0 spiro atoms. The van der Waals surface area contributed by atoms with Crippen LogP contribution in [0.15, 0.2) is 42.5 Å². The van der Waals surface area contributed by atoms with Crippen LogP contribution in [0.25, 0.3) is 0 Å². The molecule has 7 nitrogen and oxygen atoms in total. The van der Waals surface area contributed by atoms with Crippen LogP contribution in [0.3, 0.4) is 0 Å². The Kier molecular flexibility index (Phi) is 36.2. The number of unbranched alkanes of at least 4 members (excludes halogenated alkanes) is 18. The molecular weight excluding hydrogens is 713 g/mol. The molecule has 0 aliphatic rings. The lowest BCUT2D eigenvalue weighted by atomic mass is 9.91. The maximum Gasteiger partial charge on any atom is 0.306 e. The zero-order valence-corrected chi connectivity index (χ0v) is 36.9. The minimum atomic E-state index is -0.161. The Bertz CT molecular complexity index is 1140. The van der Waals surface area contributed by atoms with E-state index in [-0.39, 0.29) is 11.9 Å². The summed E-state index contributed by atoms with van der Waals surface area (Å²) in [5, 5.41) is 0. The third kappa shape index (κ3) is 33.6. The maximum atomic E-state index is 12.7. The summed E-state index contributed by atoms with van der Waals surface area (Å²) in [6.45, 7) is 8.05. The number of carbonyl (C=O) groups excluding carboxylic acids is 3. The summed E-state index contributed by atoms with van der Waals surface area (Å²) in [6.07, 6.45) is 42.1. The lowest BCUT2D eigenvalue weighted by Crippen LogP contribution is -2.14. The van der Waals surface area contributed by atoms with Crippen molar-refractivity contribution in [2.45, 2.75) is 207 Å². The van der Waals surface area contributed by atoms with E-state index in [2.05, 4.69) is 45.1 Å². The highest BCUT2D eigenvalue weighted by atomic mass is 16.5. The topological polar surface area (TPSA) is 88.1 Å². The van der Waals surface area contributed by atoms with Crippen LogP contribution in [0.5, 0.6) is 11.5 Å². The van der Waals surface area contributed by atoms with E-state index in [0.29, 0.717) is 75.1 Å². The van der Waals surface area contributed by atoms with Gasteiger partial charge in [0.05, 0.1) is 26.4 Å². The number of rotatable bonds is 41. The van der Waals surface area contributed by atoms with Gasteiger partial charge in [0.1, 0.15) is 17.8 Å². The van der Waals surface area contributed by atoms with Crippen LogP contribution in [-0.2, 0) is 19.1 Å². The van der Waals surface area contributed by atoms with E-state index in [1.165, 1.54) is 116 Å². The number of hydrogen-bond acceptors (Lipinski definition) is 7. The first-order valence-electron chi connectivity index (χ1n) is 23.5. The van der Waals surface area contributed by atoms with E-state index in [1.807, 2.05) is 0 Å².